The molecular formula is C19H16ClF4N3OS. The first-order valence-electron chi connectivity index (χ1n) is 8.56. The lowest BCUT2D eigenvalue weighted by atomic mass is 10.2. The largest absolute Gasteiger partial charge is 0.486 e. The molecule has 0 bridgehead atoms. The van der Waals surface area contributed by atoms with Gasteiger partial charge in [0, 0.05) is 17.3 Å². The molecule has 0 saturated carbocycles. The average Bonchev–Trinajstić information content (AvgIpc) is 3.07. The van der Waals surface area contributed by atoms with Crippen LogP contribution in [0, 0.1) is 5.82 Å². The molecule has 0 N–H and O–H groups in total. The van der Waals surface area contributed by atoms with Gasteiger partial charge in [-0.25, -0.2) is 4.39 Å². The highest BCUT2D eigenvalue weighted by molar-refractivity contribution is 7.98. The van der Waals surface area contributed by atoms with E-state index in [1.807, 2.05) is 6.92 Å². The van der Waals surface area contributed by atoms with E-state index >= 15 is 0 Å². The Labute approximate surface area is 173 Å². The molecule has 29 heavy (non-hydrogen) atoms. The molecule has 1 aromatic heterocycles. The molecule has 0 unspecified atom stereocenters. The fourth-order valence-corrected chi connectivity index (χ4v) is 3.88. The summed E-state index contributed by atoms with van der Waals surface area (Å²) < 4.78 is 58.9. The molecule has 0 aliphatic rings. The molecule has 10 heteroatoms. The molecule has 0 amide bonds. The van der Waals surface area contributed by atoms with Crippen molar-refractivity contribution in [3.8, 4) is 5.75 Å². The van der Waals surface area contributed by atoms with Gasteiger partial charge in [0.25, 0.3) is 0 Å². The van der Waals surface area contributed by atoms with Gasteiger partial charge in [0.15, 0.2) is 11.0 Å². The van der Waals surface area contributed by atoms with E-state index in [0.29, 0.717) is 28.3 Å². The van der Waals surface area contributed by atoms with Gasteiger partial charge in [-0.15, -0.1) is 10.2 Å². The maximum atomic E-state index is 13.2. The molecule has 0 spiro atoms. The summed E-state index contributed by atoms with van der Waals surface area (Å²) in [7, 11) is 0. The smallest absolute Gasteiger partial charge is 0.416 e. The third kappa shape index (κ3) is 5.42. The van der Waals surface area contributed by atoms with Gasteiger partial charge in [0.05, 0.1) is 5.56 Å². The maximum Gasteiger partial charge on any atom is 0.416 e. The number of hydrogen-bond donors (Lipinski definition) is 0. The summed E-state index contributed by atoms with van der Waals surface area (Å²) >= 11 is 7.41. The van der Waals surface area contributed by atoms with Crippen LogP contribution < -0.4 is 4.74 Å². The number of halogens is 5. The van der Waals surface area contributed by atoms with Crippen LogP contribution >= 0.6 is 23.4 Å². The van der Waals surface area contributed by atoms with E-state index in [-0.39, 0.29) is 12.4 Å². The van der Waals surface area contributed by atoms with Gasteiger partial charge in [-0.2, -0.15) is 13.2 Å². The first kappa shape index (κ1) is 21.4. The lowest BCUT2D eigenvalue weighted by molar-refractivity contribution is -0.137. The van der Waals surface area contributed by atoms with Gasteiger partial charge in [-0.3, -0.25) is 0 Å². The first-order chi connectivity index (χ1) is 13.8. The SMILES string of the molecule is CCn1c(COc2cccc(C(F)(F)F)c2)nnc1SCc1ccc(F)cc1Cl. The molecule has 0 radical (unpaired) electrons. The Morgan fingerprint density at radius 1 is 1.14 bits per heavy atom. The number of aromatic nitrogens is 3. The molecule has 154 valence electrons. The highest BCUT2D eigenvalue weighted by atomic mass is 35.5. The van der Waals surface area contributed by atoms with Gasteiger partial charge < -0.3 is 9.30 Å². The number of ether oxygens (including phenoxy) is 1. The van der Waals surface area contributed by atoms with Crippen LogP contribution in [-0.4, -0.2) is 14.8 Å². The number of thioether (sulfide) groups is 1. The Bertz CT molecular complexity index is 994. The zero-order valence-electron chi connectivity index (χ0n) is 15.2. The summed E-state index contributed by atoms with van der Waals surface area (Å²) in [4.78, 5) is 0. The Morgan fingerprint density at radius 2 is 1.93 bits per heavy atom. The van der Waals surface area contributed by atoms with Crippen LogP contribution in [0.25, 0.3) is 0 Å². The standard InChI is InChI=1S/C19H16ClF4N3OS/c1-2-27-17(10-28-15-5-3-4-13(8-15)19(22,23)24)25-26-18(27)29-11-12-6-7-14(21)9-16(12)20/h3-9H,2,10-11H2,1H3. The van der Waals surface area contributed by atoms with Crippen LogP contribution in [-0.2, 0) is 25.1 Å². The second-order valence-corrected chi connectivity index (χ2v) is 7.33. The van der Waals surface area contributed by atoms with Crippen molar-refractivity contribution in [2.24, 2.45) is 0 Å². The van der Waals surface area contributed by atoms with Crippen molar-refractivity contribution in [2.75, 3.05) is 0 Å². The van der Waals surface area contributed by atoms with Crippen LogP contribution in [0.5, 0.6) is 5.75 Å². The summed E-state index contributed by atoms with van der Waals surface area (Å²) in [5.74, 6) is 0.635. The van der Waals surface area contributed by atoms with Crippen molar-refractivity contribution in [3.05, 3.63) is 70.3 Å². The van der Waals surface area contributed by atoms with E-state index in [9.17, 15) is 17.6 Å². The molecular weight excluding hydrogens is 430 g/mol. The summed E-state index contributed by atoms with van der Waals surface area (Å²) in [6, 6.07) is 8.85. The fraction of sp³-hybridized carbons (Fsp3) is 0.263. The number of hydrogen-bond acceptors (Lipinski definition) is 4. The Hall–Kier alpha value is -2.26. The number of alkyl halides is 3. The minimum absolute atomic E-state index is 0.0278. The third-order valence-electron chi connectivity index (χ3n) is 4.01. The number of benzene rings is 2. The average molecular weight is 446 g/mol. The molecule has 1 heterocycles. The second kappa shape index (κ2) is 9.04. The quantitative estimate of drug-likeness (QED) is 0.331. The minimum Gasteiger partial charge on any atom is -0.486 e. The van der Waals surface area contributed by atoms with Gasteiger partial charge >= 0.3 is 6.18 Å². The zero-order valence-corrected chi connectivity index (χ0v) is 16.8. The zero-order chi connectivity index (χ0) is 21.0. The summed E-state index contributed by atoms with van der Waals surface area (Å²) in [6.07, 6.45) is -4.44. The second-order valence-electron chi connectivity index (χ2n) is 5.98. The Morgan fingerprint density at radius 3 is 2.62 bits per heavy atom. The highest BCUT2D eigenvalue weighted by Gasteiger charge is 2.30. The minimum atomic E-state index is -4.44. The summed E-state index contributed by atoms with van der Waals surface area (Å²) in [5.41, 5.74) is -0.0233. The topological polar surface area (TPSA) is 39.9 Å². The third-order valence-corrected chi connectivity index (χ3v) is 5.38. The lowest BCUT2D eigenvalue weighted by Crippen LogP contribution is -2.08. The highest BCUT2D eigenvalue weighted by Crippen LogP contribution is 2.31. The summed E-state index contributed by atoms with van der Waals surface area (Å²) in [5, 5.41) is 9.13. The van der Waals surface area contributed by atoms with Crippen LogP contribution in [0.15, 0.2) is 47.6 Å². The van der Waals surface area contributed by atoms with Gasteiger partial charge in [-0.05, 0) is 42.8 Å². The number of rotatable bonds is 7. The van der Waals surface area contributed by atoms with Gasteiger partial charge in [-0.1, -0.05) is 35.5 Å². The molecule has 4 nitrogen and oxygen atoms in total. The van der Waals surface area contributed by atoms with E-state index in [2.05, 4.69) is 10.2 Å². The molecule has 3 rings (SSSR count). The van der Waals surface area contributed by atoms with E-state index in [4.69, 9.17) is 16.3 Å². The monoisotopic (exact) mass is 445 g/mol. The van der Waals surface area contributed by atoms with E-state index in [0.717, 1.165) is 17.7 Å². The summed E-state index contributed by atoms with van der Waals surface area (Å²) in [6.45, 7) is 2.42. The number of nitrogens with zero attached hydrogens (tertiary/aromatic N) is 3. The maximum absolute atomic E-state index is 13.2. The first-order valence-corrected chi connectivity index (χ1v) is 9.93. The molecule has 0 atom stereocenters. The van der Waals surface area contributed by atoms with Crippen LogP contribution in [0.2, 0.25) is 5.02 Å². The predicted octanol–water partition coefficient (Wildman–Crippen LogP) is 5.98. The fourth-order valence-electron chi connectivity index (χ4n) is 2.54. The van der Waals surface area contributed by atoms with E-state index < -0.39 is 17.6 Å². The molecule has 0 aliphatic heterocycles. The van der Waals surface area contributed by atoms with Crippen molar-refractivity contribution in [2.45, 2.75) is 37.2 Å². The van der Waals surface area contributed by atoms with Crippen molar-refractivity contribution < 1.29 is 22.3 Å². The molecule has 2 aromatic carbocycles. The molecule has 0 saturated heterocycles. The van der Waals surface area contributed by atoms with Crippen molar-refractivity contribution in [1.82, 2.24) is 14.8 Å². The van der Waals surface area contributed by atoms with Crippen molar-refractivity contribution in [3.63, 3.8) is 0 Å². The normalized spacial score (nSPS) is 11.7. The Balaban J connectivity index is 1.68. The van der Waals surface area contributed by atoms with Crippen LogP contribution in [0.3, 0.4) is 0 Å². The van der Waals surface area contributed by atoms with Crippen LogP contribution in [0.4, 0.5) is 17.6 Å². The molecule has 3 aromatic rings. The van der Waals surface area contributed by atoms with Gasteiger partial charge in [0.1, 0.15) is 18.2 Å². The van der Waals surface area contributed by atoms with Gasteiger partial charge in [0.2, 0.25) is 0 Å². The van der Waals surface area contributed by atoms with Crippen molar-refractivity contribution >= 4 is 23.4 Å². The molecule has 0 fully saturated rings. The predicted molar refractivity (Wildman–Crippen MR) is 102 cm³/mol. The van der Waals surface area contributed by atoms with E-state index in [1.165, 1.54) is 36.0 Å². The van der Waals surface area contributed by atoms with Crippen LogP contribution in [0.1, 0.15) is 23.9 Å². The van der Waals surface area contributed by atoms with E-state index in [1.54, 1.807) is 10.6 Å². The Kier molecular flexibility index (Phi) is 6.69. The lowest BCUT2D eigenvalue weighted by Gasteiger charge is -2.11. The molecule has 0 aliphatic carbocycles. The van der Waals surface area contributed by atoms with Crippen molar-refractivity contribution in [1.29, 1.82) is 0 Å².